The lowest BCUT2D eigenvalue weighted by molar-refractivity contribution is -0.267. The molecule has 1 aromatic heterocycles. The number of amides is 1. The molecule has 2 saturated heterocycles. The molecule has 114 valence electrons. The summed E-state index contributed by atoms with van der Waals surface area (Å²) in [6, 6.07) is -0.475. The van der Waals surface area contributed by atoms with E-state index in [-0.39, 0.29) is 18.0 Å². The van der Waals surface area contributed by atoms with Crippen molar-refractivity contribution in [3.63, 3.8) is 0 Å². The van der Waals surface area contributed by atoms with Crippen LogP contribution in [0.1, 0.15) is 25.0 Å². The molecule has 0 radical (unpaired) electrons. The number of nitrogens with zero attached hydrogens (tertiary/aromatic N) is 3. The topological polar surface area (TPSA) is 78.4 Å². The van der Waals surface area contributed by atoms with Crippen LogP contribution in [-0.4, -0.2) is 39.1 Å². The number of carbonyl (C=O) groups excluding carboxylic acids is 1. The Morgan fingerprint density at radius 1 is 1.33 bits per heavy atom. The number of carboxylic acid groups (broad SMARTS) is 1. The van der Waals surface area contributed by atoms with Crippen molar-refractivity contribution < 1.29 is 27.8 Å². The quantitative estimate of drug-likeness (QED) is 0.808. The summed E-state index contributed by atoms with van der Waals surface area (Å²) < 4.78 is 42.6. The Kier molecular flexibility index (Phi) is 3.14. The van der Waals surface area contributed by atoms with Crippen molar-refractivity contribution in [2.75, 3.05) is 0 Å². The van der Waals surface area contributed by atoms with Gasteiger partial charge in [-0.3, -0.25) is 0 Å². The van der Waals surface area contributed by atoms with Crippen LogP contribution < -0.4 is 9.84 Å². The third-order valence-electron chi connectivity index (χ3n) is 3.88. The SMILES string of the molecule is O=C([O-])N1C2CCC1C(Oc1cnc(C(F)(F)F)cn1)C2. The van der Waals surface area contributed by atoms with Crippen LogP contribution in [0.5, 0.6) is 5.88 Å². The third-order valence-corrected chi connectivity index (χ3v) is 3.88. The number of hydrogen-bond donors (Lipinski definition) is 0. The Morgan fingerprint density at radius 3 is 2.62 bits per heavy atom. The van der Waals surface area contributed by atoms with Crippen LogP contribution in [0.15, 0.2) is 12.4 Å². The predicted molar refractivity (Wildman–Crippen MR) is 60.1 cm³/mol. The first-order valence-electron chi connectivity index (χ1n) is 6.41. The molecule has 2 aliphatic rings. The molecular weight excluding hydrogens is 291 g/mol. The van der Waals surface area contributed by atoms with Crippen LogP contribution in [0.3, 0.4) is 0 Å². The van der Waals surface area contributed by atoms with Crippen molar-refractivity contribution in [3.8, 4) is 5.88 Å². The molecule has 0 aromatic carbocycles. The van der Waals surface area contributed by atoms with Crippen LogP contribution in [-0.2, 0) is 6.18 Å². The number of halogens is 3. The minimum Gasteiger partial charge on any atom is -0.530 e. The Balaban J connectivity index is 1.70. The molecule has 1 amide bonds. The summed E-state index contributed by atoms with van der Waals surface area (Å²) in [4.78, 5) is 19.1. The Hall–Kier alpha value is -2.06. The average Bonchev–Trinajstić information content (AvgIpc) is 2.95. The molecular formula is C12H11F3N3O3-. The number of alkyl halides is 3. The number of fused-ring (bicyclic) bond motifs is 2. The smallest absolute Gasteiger partial charge is 0.434 e. The van der Waals surface area contributed by atoms with Gasteiger partial charge in [-0.1, -0.05) is 0 Å². The second-order valence-electron chi connectivity index (χ2n) is 5.10. The van der Waals surface area contributed by atoms with Gasteiger partial charge in [0.15, 0.2) is 5.69 Å². The molecule has 2 bridgehead atoms. The molecule has 2 aliphatic heterocycles. The fourth-order valence-corrected chi connectivity index (χ4v) is 3.02. The minimum atomic E-state index is -4.55. The molecule has 0 aliphatic carbocycles. The highest BCUT2D eigenvalue weighted by atomic mass is 19.4. The van der Waals surface area contributed by atoms with Crippen molar-refractivity contribution in [1.29, 1.82) is 0 Å². The van der Waals surface area contributed by atoms with Gasteiger partial charge in [-0.2, -0.15) is 13.2 Å². The van der Waals surface area contributed by atoms with Crippen LogP contribution >= 0.6 is 0 Å². The highest BCUT2D eigenvalue weighted by Crippen LogP contribution is 2.39. The fourth-order valence-electron chi connectivity index (χ4n) is 3.02. The molecule has 3 rings (SSSR count). The van der Waals surface area contributed by atoms with Gasteiger partial charge in [-0.15, -0.1) is 0 Å². The summed E-state index contributed by atoms with van der Waals surface area (Å²) in [7, 11) is 0. The zero-order chi connectivity index (χ0) is 15.2. The van der Waals surface area contributed by atoms with E-state index in [2.05, 4.69) is 9.97 Å². The van der Waals surface area contributed by atoms with Crippen LogP contribution in [0.4, 0.5) is 18.0 Å². The third kappa shape index (κ3) is 2.47. The highest BCUT2D eigenvalue weighted by Gasteiger charge is 2.47. The first-order valence-corrected chi connectivity index (χ1v) is 6.41. The van der Waals surface area contributed by atoms with Crippen molar-refractivity contribution in [3.05, 3.63) is 18.1 Å². The van der Waals surface area contributed by atoms with E-state index in [1.54, 1.807) is 0 Å². The molecule has 9 heteroatoms. The molecule has 3 heterocycles. The van der Waals surface area contributed by atoms with Gasteiger partial charge in [-0.05, 0) is 12.8 Å². The Bertz CT molecular complexity index is 549. The van der Waals surface area contributed by atoms with Gasteiger partial charge >= 0.3 is 6.18 Å². The zero-order valence-electron chi connectivity index (χ0n) is 10.7. The Morgan fingerprint density at radius 2 is 2.10 bits per heavy atom. The maximum absolute atomic E-state index is 12.4. The van der Waals surface area contributed by atoms with E-state index >= 15 is 0 Å². The lowest BCUT2D eigenvalue weighted by Gasteiger charge is -2.26. The minimum absolute atomic E-state index is 0.0427. The largest absolute Gasteiger partial charge is 0.530 e. The van der Waals surface area contributed by atoms with Gasteiger partial charge in [0.1, 0.15) is 12.2 Å². The van der Waals surface area contributed by atoms with E-state index in [9.17, 15) is 23.1 Å². The molecule has 2 fully saturated rings. The summed E-state index contributed by atoms with van der Waals surface area (Å²) in [5, 5.41) is 11.0. The summed E-state index contributed by atoms with van der Waals surface area (Å²) in [5.74, 6) is -0.0427. The molecule has 3 atom stereocenters. The second kappa shape index (κ2) is 4.74. The summed E-state index contributed by atoms with van der Waals surface area (Å²) in [6.45, 7) is 0. The van der Waals surface area contributed by atoms with Crippen molar-refractivity contribution in [1.82, 2.24) is 14.9 Å². The second-order valence-corrected chi connectivity index (χ2v) is 5.10. The fraction of sp³-hybridized carbons (Fsp3) is 0.583. The van der Waals surface area contributed by atoms with Gasteiger partial charge < -0.3 is 19.5 Å². The molecule has 0 N–H and O–H groups in total. The molecule has 0 saturated carbocycles. The van der Waals surface area contributed by atoms with Crippen LogP contribution in [0.25, 0.3) is 0 Å². The zero-order valence-corrected chi connectivity index (χ0v) is 10.7. The van der Waals surface area contributed by atoms with Crippen molar-refractivity contribution >= 4 is 6.09 Å². The van der Waals surface area contributed by atoms with E-state index < -0.39 is 24.1 Å². The van der Waals surface area contributed by atoms with E-state index in [0.29, 0.717) is 19.0 Å². The highest BCUT2D eigenvalue weighted by molar-refractivity contribution is 5.64. The van der Waals surface area contributed by atoms with E-state index in [1.807, 2.05) is 0 Å². The van der Waals surface area contributed by atoms with Gasteiger partial charge in [0, 0.05) is 12.5 Å². The van der Waals surface area contributed by atoms with Gasteiger partial charge in [0.2, 0.25) is 5.88 Å². The number of aromatic nitrogens is 2. The monoisotopic (exact) mass is 302 g/mol. The average molecular weight is 302 g/mol. The first kappa shape index (κ1) is 13.9. The Labute approximate surface area is 117 Å². The predicted octanol–water partition coefficient (Wildman–Crippen LogP) is 0.823. The maximum Gasteiger partial charge on any atom is 0.434 e. The normalized spacial score (nSPS) is 28.0. The van der Waals surface area contributed by atoms with Gasteiger partial charge in [-0.25, -0.2) is 9.97 Å². The lowest BCUT2D eigenvalue weighted by Crippen LogP contribution is -2.46. The van der Waals surface area contributed by atoms with E-state index in [1.165, 1.54) is 4.90 Å². The van der Waals surface area contributed by atoms with Crippen molar-refractivity contribution in [2.45, 2.75) is 43.6 Å². The maximum atomic E-state index is 12.4. The van der Waals surface area contributed by atoms with Gasteiger partial charge in [0.25, 0.3) is 0 Å². The summed E-state index contributed by atoms with van der Waals surface area (Å²) in [5.41, 5.74) is -1.10. The molecule has 0 spiro atoms. The molecule has 6 nitrogen and oxygen atoms in total. The molecule has 3 unspecified atom stereocenters. The number of rotatable bonds is 2. The molecule has 21 heavy (non-hydrogen) atoms. The number of hydrogen-bond acceptors (Lipinski definition) is 5. The standard InChI is InChI=1S/C12H12F3N3O3/c13-12(14,15)9-4-17-10(5-16-9)21-8-3-6-1-2-7(8)18(6)11(19)20/h4-8H,1-3H2,(H,19,20)/p-1. The van der Waals surface area contributed by atoms with E-state index in [0.717, 1.165) is 12.6 Å². The summed E-state index contributed by atoms with van der Waals surface area (Å²) >= 11 is 0. The number of ether oxygens (including phenoxy) is 1. The van der Waals surface area contributed by atoms with Crippen molar-refractivity contribution in [2.24, 2.45) is 0 Å². The van der Waals surface area contributed by atoms with Crippen LogP contribution in [0.2, 0.25) is 0 Å². The van der Waals surface area contributed by atoms with Crippen LogP contribution in [0, 0.1) is 0 Å². The number of carbonyl (C=O) groups is 1. The van der Waals surface area contributed by atoms with Gasteiger partial charge in [0.05, 0.1) is 18.4 Å². The lowest BCUT2D eigenvalue weighted by atomic mass is 9.98. The summed E-state index contributed by atoms with van der Waals surface area (Å²) in [6.07, 6.45) is -2.84. The molecule has 1 aromatic rings. The first-order chi connectivity index (χ1) is 9.86. The van der Waals surface area contributed by atoms with E-state index in [4.69, 9.17) is 4.74 Å².